The number of thiazole rings is 1. The average Bonchev–Trinajstić information content (AvgIpc) is 3.17. The molecule has 2 aromatic rings. The van der Waals surface area contributed by atoms with Crippen LogP contribution in [0.5, 0.6) is 0 Å². The number of carbonyl (C=O) groups is 1. The van der Waals surface area contributed by atoms with Gasteiger partial charge in [0.25, 0.3) is 5.91 Å². The van der Waals surface area contributed by atoms with Gasteiger partial charge in [-0.15, -0.1) is 11.3 Å². The van der Waals surface area contributed by atoms with Crippen LogP contribution in [0.15, 0.2) is 23.7 Å². The van der Waals surface area contributed by atoms with E-state index in [4.69, 9.17) is 4.74 Å². The maximum absolute atomic E-state index is 12.0. The highest BCUT2D eigenvalue weighted by Gasteiger charge is 2.20. The molecule has 1 heterocycles. The predicted octanol–water partition coefficient (Wildman–Crippen LogP) is 2.84. The van der Waals surface area contributed by atoms with E-state index in [1.807, 2.05) is 18.2 Å². The summed E-state index contributed by atoms with van der Waals surface area (Å²) in [6, 6.07) is 5.60. The highest BCUT2D eigenvalue weighted by Crippen LogP contribution is 2.28. The fourth-order valence-corrected chi connectivity index (χ4v) is 2.73. The van der Waals surface area contributed by atoms with Crippen molar-refractivity contribution in [2.75, 3.05) is 19.8 Å². The van der Waals surface area contributed by atoms with Crippen molar-refractivity contribution >= 4 is 27.5 Å². The molecule has 1 aliphatic rings. The number of hydrogen-bond donors (Lipinski definition) is 1. The summed E-state index contributed by atoms with van der Waals surface area (Å²) in [7, 11) is 0. The minimum Gasteiger partial charge on any atom is -0.381 e. The molecule has 0 spiro atoms. The van der Waals surface area contributed by atoms with E-state index >= 15 is 0 Å². The van der Waals surface area contributed by atoms with Crippen molar-refractivity contribution in [2.45, 2.75) is 19.3 Å². The molecule has 0 radical (unpaired) electrons. The zero-order chi connectivity index (χ0) is 13.8. The number of fused-ring (bicyclic) bond motifs is 1. The van der Waals surface area contributed by atoms with Crippen LogP contribution in [-0.4, -0.2) is 30.6 Å². The molecule has 1 aliphatic carbocycles. The lowest BCUT2D eigenvalue weighted by Crippen LogP contribution is -2.25. The lowest BCUT2D eigenvalue weighted by Gasteiger charge is -2.06. The van der Waals surface area contributed by atoms with E-state index in [0.29, 0.717) is 12.1 Å². The number of hydrogen-bond acceptors (Lipinski definition) is 4. The van der Waals surface area contributed by atoms with Crippen LogP contribution in [0, 0.1) is 5.92 Å². The van der Waals surface area contributed by atoms with Crippen molar-refractivity contribution in [3.05, 3.63) is 29.3 Å². The number of amides is 1. The topological polar surface area (TPSA) is 51.2 Å². The van der Waals surface area contributed by atoms with Gasteiger partial charge in [-0.3, -0.25) is 4.79 Å². The van der Waals surface area contributed by atoms with Crippen LogP contribution in [0.25, 0.3) is 10.2 Å². The normalized spacial score (nSPS) is 14.6. The van der Waals surface area contributed by atoms with Gasteiger partial charge in [0, 0.05) is 25.3 Å². The minimum atomic E-state index is -0.0255. The van der Waals surface area contributed by atoms with Crippen molar-refractivity contribution < 1.29 is 9.53 Å². The Bertz CT molecular complexity index is 592. The Hall–Kier alpha value is -1.46. The van der Waals surface area contributed by atoms with Crippen LogP contribution in [0.3, 0.4) is 0 Å². The number of aromatic nitrogens is 1. The molecule has 3 rings (SSSR count). The second kappa shape index (κ2) is 6.33. The first-order chi connectivity index (χ1) is 9.83. The van der Waals surface area contributed by atoms with E-state index in [2.05, 4.69) is 10.3 Å². The highest BCUT2D eigenvalue weighted by molar-refractivity contribution is 7.16. The Morgan fingerprint density at radius 1 is 1.45 bits per heavy atom. The van der Waals surface area contributed by atoms with E-state index in [9.17, 15) is 4.79 Å². The van der Waals surface area contributed by atoms with Crippen LogP contribution in [-0.2, 0) is 4.74 Å². The number of benzene rings is 1. The zero-order valence-electron chi connectivity index (χ0n) is 11.3. The maximum atomic E-state index is 12.0. The molecular weight excluding hydrogens is 272 g/mol. The van der Waals surface area contributed by atoms with Gasteiger partial charge in [-0.1, -0.05) is 0 Å². The SMILES string of the molecule is O=C(NCCCOCC1CC1)c1ccc2ncsc2c1. The molecule has 106 valence electrons. The lowest BCUT2D eigenvalue weighted by atomic mass is 10.2. The van der Waals surface area contributed by atoms with Crippen molar-refractivity contribution in [2.24, 2.45) is 5.92 Å². The van der Waals surface area contributed by atoms with Gasteiger partial charge in [0.2, 0.25) is 0 Å². The molecule has 0 saturated heterocycles. The Morgan fingerprint density at radius 3 is 3.20 bits per heavy atom. The third-order valence-corrected chi connectivity index (χ3v) is 4.19. The van der Waals surface area contributed by atoms with E-state index in [1.165, 1.54) is 12.8 Å². The first-order valence-electron chi connectivity index (χ1n) is 7.02. The summed E-state index contributed by atoms with van der Waals surface area (Å²) >= 11 is 1.55. The molecule has 0 bridgehead atoms. The van der Waals surface area contributed by atoms with Gasteiger partial charge in [0.05, 0.1) is 15.7 Å². The fourth-order valence-electron chi connectivity index (χ4n) is 2.01. The standard InChI is InChI=1S/C15H18N2O2S/c18-15(16-6-1-7-19-9-11-2-3-11)12-4-5-13-14(8-12)20-10-17-13/h4-5,8,10-11H,1-3,6-7,9H2,(H,16,18). The maximum Gasteiger partial charge on any atom is 0.251 e. The summed E-state index contributed by atoms with van der Waals surface area (Å²) in [4.78, 5) is 16.2. The van der Waals surface area contributed by atoms with Crippen molar-refractivity contribution in [1.29, 1.82) is 0 Å². The Balaban J connectivity index is 1.41. The van der Waals surface area contributed by atoms with Crippen LogP contribution in [0.1, 0.15) is 29.6 Å². The number of nitrogens with zero attached hydrogens (tertiary/aromatic N) is 1. The van der Waals surface area contributed by atoms with E-state index < -0.39 is 0 Å². The molecule has 1 N–H and O–H groups in total. The second-order valence-electron chi connectivity index (χ2n) is 5.16. The molecule has 1 saturated carbocycles. The Morgan fingerprint density at radius 2 is 2.35 bits per heavy atom. The fraction of sp³-hybridized carbons (Fsp3) is 0.467. The van der Waals surface area contributed by atoms with Gasteiger partial charge in [-0.05, 0) is 43.4 Å². The average molecular weight is 290 g/mol. The molecular formula is C15H18N2O2S. The summed E-state index contributed by atoms with van der Waals surface area (Å²) in [5.41, 5.74) is 3.43. The first-order valence-corrected chi connectivity index (χ1v) is 7.90. The largest absolute Gasteiger partial charge is 0.381 e. The number of rotatable bonds is 7. The summed E-state index contributed by atoms with van der Waals surface area (Å²) in [6.07, 6.45) is 3.49. The van der Waals surface area contributed by atoms with E-state index in [0.717, 1.165) is 35.8 Å². The molecule has 1 aromatic heterocycles. The molecule has 0 aliphatic heterocycles. The molecule has 1 amide bonds. The number of carbonyl (C=O) groups excluding carboxylic acids is 1. The van der Waals surface area contributed by atoms with E-state index in [-0.39, 0.29) is 5.91 Å². The first kappa shape index (κ1) is 13.5. The smallest absolute Gasteiger partial charge is 0.251 e. The third-order valence-electron chi connectivity index (χ3n) is 3.39. The van der Waals surface area contributed by atoms with Gasteiger partial charge in [0.15, 0.2) is 0 Å². The van der Waals surface area contributed by atoms with Crippen molar-refractivity contribution in [3.8, 4) is 0 Å². The van der Waals surface area contributed by atoms with Crippen molar-refractivity contribution in [3.63, 3.8) is 0 Å². The molecule has 4 nitrogen and oxygen atoms in total. The quantitative estimate of drug-likeness (QED) is 0.798. The van der Waals surface area contributed by atoms with Gasteiger partial charge in [-0.25, -0.2) is 4.98 Å². The van der Waals surface area contributed by atoms with Crippen LogP contribution in [0.2, 0.25) is 0 Å². The summed E-state index contributed by atoms with van der Waals surface area (Å²) in [5, 5.41) is 2.92. The van der Waals surface area contributed by atoms with Crippen LogP contribution < -0.4 is 5.32 Å². The molecule has 20 heavy (non-hydrogen) atoms. The monoisotopic (exact) mass is 290 g/mol. The van der Waals surface area contributed by atoms with E-state index in [1.54, 1.807) is 16.8 Å². The molecule has 0 atom stereocenters. The van der Waals surface area contributed by atoms with Crippen LogP contribution in [0.4, 0.5) is 0 Å². The summed E-state index contributed by atoms with van der Waals surface area (Å²) in [5.74, 6) is 0.776. The van der Waals surface area contributed by atoms with Crippen molar-refractivity contribution in [1.82, 2.24) is 10.3 Å². The van der Waals surface area contributed by atoms with Gasteiger partial charge >= 0.3 is 0 Å². The zero-order valence-corrected chi connectivity index (χ0v) is 12.1. The Kier molecular flexibility index (Phi) is 4.28. The second-order valence-corrected chi connectivity index (χ2v) is 6.05. The van der Waals surface area contributed by atoms with Crippen LogP contribution >= 0.6 is 11.3 Å². The number of nitrogens with one attached hydrogen (secondary N) is 1. The van der Waals surface area contributed by atoms with Gasteiger partial charge in [-0.2, -0.15) is 0 Å². The number of ether oxygens (including phenoxy) is 1. The highest BCUT2D eigenvalue weighted by atomic mass is 32.1. The molecule has 5 heteroatoms. The van der Waals surface area contributed by atoms with Gasteiger partial charge < -0.3 is 10.1 Å². The Labute approximate surface area is 122 Å². The predicted molar refractivity (Wildman–Crippen MR) is 80.1 cm³/mol. The minimum absolute atomic E-state index is 0.0255. The van der Waals surface area contributed by atoms with Gasteiger partial charge in [0.1, 0.15) is 0 Å². The molecule has 1 fully saturated rings. The molecule has 1 aromatic carbocycles. The summed E-state index contributed by atoms with van der Waals surface area (Å²) in [6.45, 7) is 2.27. The summed E-state index contributed by atoms with van der Waals surface area (Å²) < 4.78 is 6.58. The molecule has 0 unspecified atom stereocenters. The third kappa shape index (κ3) is 3.55. The lowest BCUT2D eigenvalue weighted by molar-refractivity contribution is 0.0937.